The average Bonchev–Trinajstić information content (AvgIpc) is 2.79. The lowest BCUT2D eigenvalue weighted by Crippen LogP contribution is -2.18. The summed E-state index contributed by atoms with van der Waals surface area (Å²) in [5.41, 5.74) is 4.70. The van der Waals surface area contributed by atoms with Crippen molar-refractivity contribution in [2.75, 3.05) is 13.7 Å². The van der Waals surface area contributed by atoms with Gasteiger partial charge in [0.05, 0.1) is 25.5 Å². The number of hydrazone groups is 1. The fourth-order valence-corrected chi connectivity index (χ4v) is 3.44. The van der Waals surface area contributed by atoms with E-state index in [-0.39, 0.29) is 5.91 Å². The minimum absolute atomic E-state index is 0.376. The van der Waals surface area contributed by atoms with Gasteiger partial charge in [-0.2, -0.15) is 5.10 Å². The molecule has 8 heteroatoms. The molecule has 1 N–H and O–H groups in total. The van der Waals surface area contributed by atoms with Crippen molar-refractivity contribution < 1.29 is 19.0 Å². The summed E-state index contributed by atoms with van der Waals surface area (Å²) >= 11 is 6.78. The highest BCUT2D eigenvalue weighted by Gasteiger charge is 2.12. The first-order valence-electron chi connectivity index (χ1n) is 9.81. The highest BCUT2D eigenvalue weighted by molar-refractivity contribution is 9.10. The Morgan fingerprint density at radius 1 is 0.938 bits per heavy atom. The highest BCUT2D eigenvalue weighted by Crippen LogP contribution is 2.29. The molecule has 3 rings (SSSR count). The van der Waals surface area contributed by atoms with Crippen LogP contribution in [0.25, 0.3) is 0 Å². The Morgan fingerprint density at radius 2 is 1.66 bits per heavy atom. The van der Waals surface area contributed by atoms with Gasteiger partial charge in [-0.05, 0) is 66.6 Å². The fraction of sp³-hybridized carbons (Fsp3) is 0.167. The van der Waals surface area contributed by atoms with Crippen molar-refractivity contribution in [1.82, 2.24) is 5.43 Å². The Hall–Kier alpha value is -2.84. The molecule has 0 aliphatic heterocycles. The van der Waals surface area contributed by atoms with Crippen LogP contribution in [0.1, 0.15) is 28.4 Å². The molecule has 0 fully saturated rings. The van der Waals surface area contributed by atoms with Crippen molar-refractivity contribution in [2.24, 2.45) is 5.10 Å². The predicted octanol–water partition coefficient (Wildman–Crippen LogP) is 5.96. The van der Waals surface area contributed by atoms with Crippen molar-refractivity contribution in [3.8, 4) is 17.2 Å². The summed E-state index contributed by atoms with van der Waals surface area (Å²) in [6, 6.07) is 18.6. The zero-order valence-corrected chi connectivity index (χ0v) is 20.8. The summed E-state index contributed by atoms with van der Waals surface area (Å²) < 4.78 is 18.7. The number of nitrogens with one attached hydrogen (secondary N) is 1. The van der Waals surface area contributed by atoms with E-state index in [2.05, 4.69) is 42.4 Å². The van der Waals surface area contributed by atoms with Crippen LogP contribution >= 0.6 is 31.9 Å². The Kier molecular flexibility index (Phi) is 8.70. The third-order valence-corrected chi connectivity index (χ3v) is 5.38. The molecule has 0 atom stereocenters. The first-order valence-corrected chi connectivity index (χ1v) is 11.4. The van der Waals surface area contributed by atoms with Crippen molar-refractivity contribution in [3.05, 3.63) is 86.3 Å². The summed E-state index contributed by atoms with van der Waals surface area (Å²) in [6.45, 7) is 2.82. The lowest BCUT2D eigenvalue weighted by molar-refractivity contribution is 0.0952. The number of hydrogen-bond acceptors (Lipinski definition) is 5. The van der Waals surface area contributed by atoms with Gasteiger partial charge in [-0.3, -0.25) is 4.79 Å². The van der Waals surface area contributed by atoms with Crippen LogP contribution in [0.15, 0.2) is 74.7 Å². The lowest BCUT2D eigenvalue weighted by atomic mass is 10.2. The summed E-state index contributed by atoms with van der Waals surface area (Å²) in [6.07, 6.45) is 1.55. The summed E-state index contributed by atoms with van der Waals surface area (Å²) in [4.78, 5) is 12.5. The predicted molar refractivity (Wildman–Crippen MR) is 132 cm³/mol. The number of rotatable bonds is 9. The molecule has 32 heavy (non-hydrogen) atoms. The van der Waals surface area contributed by atoms with Crippen LogP contribution in [0.5, 0.6) is 17.2 Å². The van der Waals surface area contributed by atoms with Crippen LogP contribution in [0.3, 0.4) is 0 Å². The van der Waals surface area contributed by atoms with Crippen LogP contribution in [-0.4, -0.2) is 25.8 Å². The third-order valence-electron chi connectivity index (χ3n) is 4.36. The number of carbonyl (C=O) groups excluding carboxylic acids is 1. The first kappa shape index (κ1) is 23.8. The van der Waals surface area contributed by atoms with Crippen LogP contribution < -0.4 is 19.6 Å². The standard InChI is InChI=1S/C24H22Br2N2O4/c1-3-31-23-12-17(6-10-22(23)32-15-16-4-7-18(25)8-5-16)14-27-28-24(29)20-13-19(26)9-11-21(20)30-2/h4-14H,3,15H2,1-2H3,(H,28,29)/b27-14-. The number of nitrogens with zero attached hydrogens (tertiary/aromatic N) is 1. The Labute approximate surface area is 203 Å². The molecule has 0 aliphatic rings. The van der Waals surface area contributed by atoms with Gasteiger partial charge in [-0.1, -0.05) is 44.0 Å². The second-order valence-corrected chi connectivity index (χ2v) is 8.43. The molecule has 0 bridgehead atoms. The molecular weight excluding hydrogens is 540 g/mol. The van der Waals surface area contributed by atoms with Crippen LogP contribution in [0, 0.1) is 0 Å². The molecule has 6 nitrogen and oxygen atoms in total. The maximum absolute atomic E-state index is 12.5. The summed E-state index contributed by atoms with van der Waals surface area (Å²) in [5.74, 6) is 1.33. The molecule has 0 heterocycles. The van der Waals surface area contributed by atoms with E-state index in [1.165, 1.54) is 7.11 Å². The van der Waals surface area contributed by atoms with Gasteiger partial charge in [0.25, 0.3) is 5.91 Å². The van der Waals surface area contributed by atoms with E-state index in [9.17, 15) is 4.79 Å². The molecule has 0 aliphatic carbocycles. The monoisotopic (exact) mass is 560 g/mol. The van der Waals surface area contributed by atoms with Crippen LogP contribution in [0.4, 0.5) is 0 Å². The van der Waals surface area contributed by atoms with E-state index in [4.69, 9.17) is 14.2 Å². The van der Waals surface area contributed by atoms with E-state index < -0.39 is 0 Å². The zero-order valence-electron chi connectivity index (χ0n) is 17.6. The fourth-order valence-electron chi connectivity index (χ4n) is 2.82. The minimum atomic E-state index is -0.376. The van der Waals surface area contributed by atoms with Gasteiger partial charge >= 0.3 is 0 Å². The lowest BCUT2D eigenvalue weighted by Gasteiger charge is -2.13. The second kappa shape index (κ2) is 11.7. The smallest absolute Gasteiger partial charge is 0.275 e. The zero-order chi connectivity index (χ0) is 22.9. The molecule has 0 unspecified atom stereocenters. The quantitative estimate of drug-likeness (QED) is 0.258. The molecule has 0 spiro atoms. The molecular formula is C24H22Br2N2O4. The second-order valence-electron chi connectivity index (χ2n) is 6.60. The topological polar surface area (TPSA) is 69.2 Å². The van der Waals surface area contributed by atoms with Crippen molar-refractivity contribution in [1.29, 1.82) is 0 Å². The number of ether oxygens (including phenoxy) is 3. The van der Waals surface area contributed by atoms with E-state index in [0.29, 0.717) is 36.0 Å². The number of amides is 1. The maximum Gasteiger partial charge on any atom is 0.275 e. The SMILES string of the molecule is CCOc1cc(/C=N\NC(=O)c2cc(Br)ccc2OC)ccc1OCc1ccc(Br)cc1. The number of halogens is 2. The van der Waals surface area contributed by atoms with Crippen LogP contribution in [-0.2, 0) is 6.61 Å². The van der Waals surface area contributed by atoms with E-state index in [1.54, 1.807) is 24.4 Å². The minimum Gasteiger partial charge on any atom is -0.496 e. The third kappa shape index (κ3) is 6.58. The largest absolute Gasteiger partial charge is 0.496 e. The van der Waals surface area contributed by atoms with Gasteiger partial charge in [0, 0.05) is 8.95 Å². The number of methoxy groups -OCH3 is 1. The van der Waals surface area contributed by atoms with Gasteiger partial charge in [-0.15, -0.1) is 0 Å². The van der Waals surface area contributed by atoms with Gasteiger partial charge in [0.2, 0.25) is 0 Å². The molecule has 1 amide bonds. The molecule has 166 valence electrons. The number of hydrogen-bond donors (Lipinski definition) is 1. The maximum atomic E-state index is 12.5. The molecule has 0 saturated heterocycles. The van der Waals surface area contributed by atoms with E-state index in [0.717, 1.165) is 20.1 Å². The van der Waals surface area contributed by atoms with E-state index >= 15 is 0 Å². The Balaban J connectivity index is 1.68. The van der Waals surface area contributed by atoms with Crippen molar-refractivity contribution in [3.63, 3.8) is 0 Å². The Morgan fingerprint density at radius 3 is 2.38 bits per heavy atom. The van der Waals surface area contributed by atoms with Crippen LogP contribution in [0.2, 0.25) is 0 Å². The normalized spacial score (nSPS) is 10.8. The summed E-state index contributed by atoms with van der Waals surface area (Å²) in [5, 5.41) is 4.06. The van der Waals surface area contributed by atoms with Crippen molar-refractivity contribution in [2.45, 2.75) is 13.5 Å². The molecule has 3 aromatic carbocycles. The average molecular weight is 562 g/mol. The van der Waals surface area contributed by atoms with Crippen molar-refractivity contribution >= 4 is 44.0 Å². The van der Waals surface area contributed by atoms with Gasteiger partial charge in [0.15, 0.2) is 11.5 Å². The van der Waals surface area contributed by atoms with E-state index in [1.807, 2.05) is 49.4 Å². The molecule has 3 aromatic rings. The molecule has 0 radical (unpaired) electrons. The summed E-state index contributed by atoms with van der Waals surface area (Å²) in [7, 11) is 1.51. The molecule has 0 saturated carbocycles. The first-order chi connectivity index (χ1) is 15.5. The number of benzene rings is 3. The Bertz CT molecular complexity index is 1100. The van der Waals surface area contributed by atoms with Gasteiger partial charge in [0.1, 0.15) is 12.4 Å². The molecule has 0 aromatic heterocycles. The van der Waals surface area contributed by atoms with Gasteiger partial charge in [-0.25, -0.2) is 5.43 Å². The highest BCUT2D eigenvalue weighted by atomic mass is 79.9. The number of carbonyl (C=O) groups is 1. The van der Waals surface area contributed by atoms with Gasteiger partial charge < -0.3 is 14.2 Å².